The van der Waals surface area contributed by atoms with E-state index in [4.69, 9.17) is 6.57 Å². The van der Waals surface area contributed by atoms with Crippen LogP contribution in [0.25, 0.3) is 38.5 Å². The van der Waals surface area contributed by atoms with E-state index < -0.39 is 0 Å². The van der Waals surface area contributed by atoms with Crippen LogP contribution >= 0.6 is 0 Å². The monoisotopic (exact) mass is 664 g/mol. The Balaban J connectivity index is 1.05. The molecule has 0 saturated heterocycles. The maximum Gasteiger partial charge on any atom is 0.187 e. The number of benzene rings is 8. The van der Waals surface area contributed by atoms with Crippen molar-refractivity contribution in [1.82, 2.24) is 0 Å². The Hall–Kier alpha value is -7.40. The molecule has 0 bridgehead atoms. The first kappa shape index (κ1) is 31.8. The molecular formula is C48H32N4. The van der Waals surface area contributed by atoms with Gasteiger partial charge in [-0.3, -0.25) is 0 Å². The summed E-state index contributed by atoms with van der Waals surface area (Å²) in [6.45, 7) is 7.35. The van der Waals surface area contributed by atoms with Crippen LogP contribution in [-0.2, 0) is 0 Å². The molecule has 0 N–H and O–H groups in total. The highest BCUT2D eigenvalue weighted by Crippen LogP contribution is 2.38. The van der Waals surface area contributed by atoms with Gasteiger partial charge in [-0.05, 0) is 130 Å². The van der Waals surface area contributed by atoms with Gasteiger partial charge in [-0.25, -0.2) is 4.85 Å². The molecule has 4 nitrogen and oxygen atoms in total. The minimum atomic E-state index is 0.625. The zero-order valence-electron chi connectivity index (χ0n) is 28.3. The van der Waals surface area contributed by atoms with Gasteiger partial charge in [0.2, 0.25) is 0 Å². The van der Waals surface area contributed by atoms with Crippen molar-refractivity contribution in [3.8, 4) is 6.07 Å². The summed E-state index contributed by atoms with van der Waals surface area (Å²) in [6, 6.07) is 64.5. The van der Waals surface area contributed by atoms with E-state index in [9.17, 15) is 5.26 Å². The predicted molar refractivity (Wildman–Crippen MR) is 217 cm³/mol. The Morgan fingerprint density at radius 3 is 1.25 bits per heavy atom. The molecule has 0 aliphatic heterocycles. The third-order valence-corrected chi connectivity index (χ3v) is 9.20. The second-order valence-electron chi connectivity index (χ2n) is 12.5. The van der Waals surface area contributed by atoms with E-state index in [2.05, 4.69) is 130 Å². The molecule has 0 aliphatic carbocycles. The lowest BCUT2D eigenvalue weighted by molar-refractivity contribution is 1.29. The van der Waals surface area contributed by atoms with Crippen LogP contribution in [0, 0.1) is 17.9 Å². The molecule has 52 heavy (non-hydrogen) atoms. The second-order valence-corrected chi connectivity index (χ2v) is 12.5. The molecule has 8 aromatic carbocycles. The molecule has 4 heteroatoms. The van der Waals surface area contributed by atoms with Crippen LogP contribution in [0.2, 0.25) is 0 Å². The van der Waals surface area contributed by atoms with Gasteiger partial charge < -0.3 is 9.80 Å². The van der Waals surface area contributed by atoms with Crippen LogP contribution in [0.4, 0.5) is 39.8 Å². The molecule has 0 radical (unpaired) electrons. The van der Waals surface area contributed by atoms with Crippen molar-refractivity contribution in [3.05, 3.63) is 210 Å². The van der Waals surface area contributed by atoms with Crippen molar-refractivity contribution in [1.29, 1.82) is 5.26 Å². The zero-order chi connectivity index (χ0) is 35.3. The van der Waals surface area contributed by atoms with Crippen LogP contribution in [0.5, 0.6) is 0 Å². The van der Waals surface area contributed by atoms with Crippen LogP contribution in [0.3, 0.4) is 0 Å². The average Bonchev–Trinajstić information content (AvgIpc) is 3.21. The van der Waals surface area contributed by atoms with Gasteiger partial charge in [-0.2, -0.15) is 5.26 Å². The van der Waals surface area contributed by atoms with Crippen molar-refractivity contribution < 1.29 is 0 Å². The third kappa shape index (κ3) is 6.61. The van der Waals surface area contributed by atoms with E-state index in [1.165, 1.54) is 5.39 Å². The Labute approximate surface area is 303 Å². The van der Waals surface area contributed by atoms with Crippen LogP contribution < -0.4 is 9.80 Å². The number of hydrogen-bond donors (Lipinski definition) is 0. The lowest BCUT2D eigenvalue weighted by atomic mass is 10.0. The number of anilines is 6. The first-order valence-corrected chi connectivity index (χ1v) is 17.1. The number of rotatable bonds is 8. The molecule has 0 atom stereocenters. The third-order valence-electron chi connectivity index (χ3n) is 9.20. The van der Waals surface area contributed by atoms with Gasteiger partial charge in [0.05, 0.1) is 18.2 Å². The number of nitriles is 1. The van der Waals surface area contributed by atoms with Crippen LogP contribution in [0.1, 0.15) is 16.7 Å². The van der Waals surface area contributed by atoms with Gasteiger partial charge in [-0.1, -0.05) is 97.1 Å². The Bertz CT molecular complexity index is 2450. The van der Waals surface area contributed by atoms with Gasteiger partial charge in [0, 0.05) is 34.1 Å². The first-order chi connectivity index (χ1) is 25.6. The average molecular weight is 665 g/mol. The Morgan fingerprint density at radius 2 is 0.808 bits per heavy atom. The van der Waals surface area contributed by atoms with Crippen molar-refractivity contribution >= 4 is 73.5 Å². The van der Waals surface area contributed by atoms with Gasteiger partial charge >= 0.3 is 0 Å². The Morgan fingerprint density at radius 1 is 0.423 bits per heavy atom. The van der Waals surface area contributed by atoms with E-state index in [1.807, 2.05) is 84.9 Å². The van der Waals surface area contributed by atoms with E-state index in [-0.39, 0.29) is 0 Å². The van der Waals surface area contributed by atoms with Crippen LogP contribution in [-0.4, -0.2) is 0 Å². The number of hydrogen-bond acceptors (Lipinski definition) is 3. The summed E-state index contributed by atoms with van der Waals surface area (Å²) in [7, 11) is 0. The van der Waals surface area contributed by atoms with E-state index in [0.29, 0.717) is 11.3 Å². The fourth-order valence-corrected chi connectivity index (χ4v) is 6.59. The van der Waals surface area contributed by atoms with Gasteiger partial charge in [0.15, 0.2) is 5.69 Å². The fourth-order valence-electron chi connectivity index (χ4n) is 6.59. The summed E-state index contributed by atoms with van der Waals surface area (Å²) >= 11 is 0. The molecule has 0 amide bonds. The van der Waals surface area contributed by atoms with Gasteiger partial charge in [0.25, 0.3) is 0 Å². The molecule has 8 aromatic rings. The predicted octanol–water partition coefficient (Wildman–Crippen LogP) is 13.5. The second kappa shape index (κ2) is 14.2. The topological polar surface area (TPSA) is 34.6 Å². The summed E-state index contributed by atoms with van der Waals surface area (Å²) in [5, 5.41) is 13.9. The zero-order valence-corrected chi connectivity index (χ0v) is 28.3. The summed E-state index contributed by atoms with van der Waals surface area (Å²) in [4.78, 5) is 7.99. The largest absolute Gasteiger partial charge is 0.311 e. The maximum atomic E-state index is 9.32. The summed E-state index contributed by atoms with van der Waals surface area (Å²) in [5.74, 6) is 0. The maximum absolute atomic E-state index is 9.32. The summed E-state index contributed by atoms with van der Waals surface area (Å²) in [6.07, 6.45) is 4.33. The lowest BCUT2D eigenvalue weighted by Gasteiger charge is -2.26. The molecular weight excluding hydrogens is 633 g/mol. The smallest absolute Gasteiger partial charge is 0.187 e. The molecule has 0 unspecified atom stereocenters. The summed E-state index contributed by atoms with van der Waals surface area (Å²) in [5.41, 5.74) is 9.75. The minimum absolute atomic E-state index is 0.625. The van der Waals surface area contributed by atoms with E-state index >= 15 is 0 Å². The standard InChI is InChI=1S/C48H32N4/c1-50-42-22-28-46(29-23-42)52(44-10-6-3-7-11-44)48-27-21-39-31-36(15-19-41(39)33-48)13-12-35-14-18-40-32-47(26-20-38(40)30-35)51(43-8-4-2-5-9-43)45-24-16-37(34-49)17-25-45/h2-33H/b13-12+. The van der Waals surface area contributed by atoms with Crippen LogP contribution in [0.15, 0.2) is 182 Å². The normalized spacial score (nSPS) is 11.0. The molecule has 0 fully saturated rings. The molecule has 0 saturated carbocycles. The number of para-hydroxylation sites is 2. The number of fused-ring (bicyclic) bond motifs is 2. The van der Waals surface area contributed by atoms with Gasteiger partial charge in [0.1, 0.15) is 0 Å². The van der Waals surface area contributed by atoms with Gasteiger partial charge in [-0.15, -0.1) is 0 Å². The molecule has 8 rings (SSSR count). The van der Waals surface area contributed by atoms with E-state index in [1.54, 1.807) is 0 Å². The van der Waals surface area contributed by atoms with Crippen molar-refractivity contribution in [2.45, 2.75) is 0 Å². The van der Waals surface area contributed by atoms with E-state index in [0.717, 1.165) is 61.4 Å². The highest BCUT2D eigenvalue weighted by Gasteiger charge is 2.14. The lowest BCUT2D eigenvalue weighted by Crippen LogP contribution is -2.09. The highest BCUT2D eigenvalue weighted by atomic mass is 15.1. The highest BCUT2D eigenvalue weighted by molar-refractivity contribution is 5.93. The molecule has 0 heterocycles. The quantitative estimate of drug-likeness (QED) is 0.120. The minimum Gasteiger partial charge on any atom is -0.311 e. The molecule has 244 valence electrons. The SMILES string of the molecule is [C-]#[N+]c1ccc(N(c2ccccc2)c2ccc3cc(/C=C/c4ccc5cc(N(c6ccccc6)c6ccc(C#N)cc6)ccc5c4)ccc3c2)cc1. The Kier molecular flexibility index (Phi) is 8.71. The molecule has 0 aromatic heterocycles. The van der Waals surface area contributed by atoms with Crippen molar-refractivity contribution in [2.75, 3.05) is 9.80 Å². The number of nitrogens with zero attached hydrogens (tertiary/aromatic N) is 4. The van der Waals surface area contributed by atoms with Crippen molar-refractivity contribution in [2.24, 2.45) is 0 Å². The fraction of sp³-hybridized carbons (Fsp3) is 0. The summed E-state index contributed by atoms with van der Waals surface area (Å²) < 4.78 is 0. The molecule has 0 aliphatic rings. The molecule has 0 spiro atoms. The first-order valence-electron chi connectivity index (χ1n) is 17.1. The van der Waals surface area contributed by atoms with Crippen molar-refractivity contribution in [3.63, 3.8) is 0 Å².